The fourth-order valence-electron chi connectivity index (χ4n) is 13.0. The molecule has 6 aliphatic rings. The van der Waals surface area contributed by atoms with Crippen molar-refractivity contribution < 1.29 is 27.2 Å². The molecule has 3 aromatic heterocycles. The lowest BCUT2D eigenvalue weighted by Gasteiger charge is -2.41. The van der Waals surface area contributed by atoms with E-state index in [2.05, 4.69) is 53.2 Å². The maximum absolute atomic E-state index is 14.4. The lowest BCUT2D eigenvalue weighted by molar-refractivity contribution is -0.134. The third-order valence-electron chi connectivity index (χ3n) is 17.0. The van der Waals surface area contributed by atoms with Crippen molar-refractivity contribution in [3.63, 3.8) is 0 Å². The first kappa shape index (κ1) is 49.0. The summed E-state index contributed by atoms with van der Waals surface area (Å²) in [5, 5.41) is 13.2. The summed E-state index contributed by atoms with van der Waals surface area (Å²) in [6.07, 6.45) is 10.9. The van der Waals surface area contributed by atoms with Gasteiger partial charge in [-0.3, -0.25) is 34.2 Å². The van der Waals surface area contributed by atoms with Gasteiger partial charge in [0, 0.05) is 130 Å². The fourth-order valence-corrected chi connectivity index (χ4v) is 13.0. The highest BCUT2D eigenvalue weighted by Crippen LogP contribution is 2.42. The van der Waals surface area contributed by atoms with Crippen molar-refractivity contribution in [3.05, 3.63) is 147 Å². The van der Waals surface area contributed by atoms with Crippen molar-refractivity contribution in [2.75, 3.05) is 39.3 Å². The minimum absolute atomic E-state index is 0.101. The molecule has 1 N–H and O–H groups in total. The first-order chi connectivity index (χ1) is 36.5. The van der Waals surface area contributed by atoms with Crippen LogP contribution in [-0.2, 0) is 42.7 Å². The van der Waals surface area contributed by atoms with Gasteiger partial charge in [0.15, 0.2) is 11.5 Å². The number of piperidine rings is 2. The summed E-state index contributed by atoms with van der Waals surface area (Å²) in [5.41, 5.74) is 12.1. The largest absolute Gasteiger partial charge is 0.441 e. The number of aromatic nitrogens is 5. The van der Waals surface area contributed by atoms with Crippen LogP contribution in [0, 0.1) is 36.2 Å². The third kappa shape index (κ3) is 9.94. The van der Waals surface area contributed by atoms with E-state index in [-0.39, 0.29) is 35.7 Å². The van der Waals surface area contributed by atoms with Crippen LogP contribution < -0.4 is 0 Å². The summed E-state index contributed by atoms with van der Waals surface area (Å²) >= 11 is 0. The Balaban J connectivity index is 0.000000152. The summed E-state index contributed by atoms with van der Waals surface area (Å²) in [6.45, 7) is 7.46. The number of rotatable bonds is 10. The van der Waals surface area contributed by atoms with Crippen LogP contribution in [0.4, 0.5) is 13.2 Å². The topological polar surface area (TPSA) is 132 Å². The van der Waals surface area contributed by atoms with E-state index >= 15 is 0 Å². The zero-order valence-electron chi connectivity index (χ0n) is 42.7. The number of fused-ring (bicyclic) bond motifs is 5. The number of hydrogen-bond acceptors (Lipinski definition) is 9. The van der Waals surface area contributed by atoms with Crippen LogP contribution in [0.25, 0.3) is 33.3 Å². The summed E-state index contributed by atoms with van der Waals surface area (Å²) in [5.74, 6) is 0.336. The number of carbonyl (C=O) groups is 2. The molecule has 2 amide bonds. The van der Waals surface area contributed by atoms with E-state index in [1.807, 2.05) is 60.1 Å². The molecule has 388 valence electrons. The number of benzene rings is 4. The van der Waals surface area contributed by atoms with E-state index in [4.69, 9.17) is 9.41 Å². The van der Waals surface area contributed by atoms with Crippen LogP contribution in [0.15, 0.2) is 106 Å². The Morgan fingerprint density at radius 2 is 1.59 bits per heavy atom. The van der Waals surface area contributed by atoms with E-state index in [0.29, 0.717) is 69.5 Å². The van der Waals surface area contributed by atoms with Gasteiger partial charge in [0.05, 0.1) is 29.7 Å². The number of likely N-dealkylation sites (tertiary alicyclic amines) is 1. The molecule has 3 unspecified atom stereocenters. The predicted molar refractivity (Wildman–Crippen MR) is 281 cm³/mol. The van der Waals surface area contributed by atoms with Crippen molar-refractivity contribution in [2.24, 2.45) is 23.9 Å². The van der Waals surface area contributed by atoms with Gasteiger partial charge < -0.3 is 14.2 Å². The van der Waals surface area contributed by atoms with Gasteiger partial charge in [-0.25, -0.2) is 18.2 Å². The number of hydrogen-bond donors (Lipinski definition) is 1. The highest BCUT2D eigenvalue weighted by molar-refractivity contribution is 6.16. The van der Waals surface area contributed by atoms with Crippen molar-refractivity contribution >= 4 is 39.5 Å². The minimum atomic E-state index is -0.518. The van der Waals surface area contributed by atoms with Crippen LogP contribution >= 0.6 is 0 Å². The third-order valence-corrected chi connectivity index (χ3v) is 17.0. The second kappa shape index (κ2) is 20.7. The summed E-state index contributed by atoms with van der Waals surface area (Å²) in [4.78, 5) is 44.8. The quantitative estimate of drug-likeness (QED) is 0.143. The molecule has 0 aliphatic carbocycles. The normalized spacial score (nSPS) is 21.9. The molecule has 7 aromatic rings. The number of nitrogens with zero attached hydrogens (tertiary/aromatic N) is 9. The highest BCUT2D eigenvalue weighted by atomic mass is 19.1. The van der Waals surface area contributed by atoms with Crippen LogP contribution in [0.5, 0.6) is 0 Å². The Labute approximate surface area is 434 Å². The second-order valence-corrected chi connectivity index (χ2v) is 21.6. The van der Waals surface area contributed by atoms with Crippen LogP contribution in [0.1, 0.15) is 91.6 Å². The molecule has 9 heterocycles. The van der Waals surface area contributed by atoms with Crippen LogP contribution in [0.2, 0.25) is 0 Å². The number of halogens is 3. The number of H-pyrrole nitrogens is 1. The molecule has 13 nitrogen and oxygen atoms in total. The van der Waals surface area contributed by atoms with Gasteiger partial charge in [-0.2, -0.15) is 10.2 Å². The van der Waals surface area contributed by atoms with Gasteiger partial charge in [0.25, 0.3) is 0 Å². The molecule has 0 saturated carbocycles. The van der Waals surface area contributed by atoms with E-state index in [1.54, 1.807) is 12.1 Å². The maximum atomic E-state index is 14.4. The molecule has 0 radical (unpaired) electrons. The molecule has 6 aliphatic heterocycles. The Bertz CT molecular complexity index is 3360. The first-order valence-electron chi connectivity index (χ1n) is 26.8. The molecule has 4 atom stereocenters. The molecular weight excluding hydrogens is 954 g/mol. The molecule has 4 aromatic carbocycles. The first-order valence-corrected chi connectivity index (χ1v) is 26.8. The Kier molecular flexibility index (Phi) is 13.5. The zero-order valence-corrected chi connectivity index (χ0v) is 42.7. The predicted octanol–water partition coefficient (Wildman–Crippen LogP) is 9.87. The highest BCUT2D eigenvalue weighted by Gasteiger charge is 2.44. The number of amides is 2. The molecule has 2 bridgehead atoms. The van der Waals surface area contributed by atoms with Gasteiger partial charge in [0.2, 0.25) is 11.8 Å². The number of aromatic amines is 1. The summed E-state index contributed by atoms with van der Waals surface area (Å²) in [6, 6.07) is 24.2. The zero-order chi connectivity index (χ0) is 51.3. The van der Waals surface area contributed by atoms with Gasteiger partial charge >= 0.3 is 0 Å². The van der Waals surface area contributed by atoms with E-state index in [9.17, 15) is 22.8 Å². The van der Waals surface area contributed by atoms with E-state index in [0.717, 1.165) is 132 Å². The number of oxazole rings is 1. The van der Waals surface area contributed by atoms with Crippen molar-refractivity contribution in [3.8, 4) is 11.3 Å². The maximum Gasteiger partial charge on any atom is 0.223 e. The average Bonchev–Trinajstić information content (AvgIpc) is 4.26. The summed E-state index contributed by atoms with van der Waals surface area (Å²) < 4.78 is 50.2. The molecule has 3 saturated heterocycles. The van der Waals surface area contributed by atoms with Crippen molar-refractivity contribution in [1.82, 2.24) is 44.6 Å². The number of aliphatic imine (C=N–C) groups is 1. The SMILES string of the molecule is Cc1nc2cc(-c3n[nH]c4c3CN(C(=O)C[C@@H]3CCCN(Cc5c(F)cccc5F)C3)CC4)ccc2o1.Cn1ncc2cc(C3=NCC4=C3CN(C(=O)CC3CCC5CCC3N5Cc3ccccc3F)CC4)ccc21. The number of nitrogens with one attached hydrogen (secondary N) is 1. The standard InChI is InChI=1S/C31H34FN5O.C28H29F2N5O2/c1-35-28-10-7-21(14-24(28)17-34-35)31-26-19-36(13-12-22(26)16-33-31)30(38)15-20-6-8-25-9-11-29(20)37(25)18-23-4-2-3-5-27(23)32;1-17-31-25-13-19(7-8-26(25)37-17)28-21-16-35(11-9-24(21)32-33-28)27(36)12-18-4-3-10-34(14-18)15-20-22(29)5-2-6-23(20)30/h2-5,7,10,14,17,20,25,29H,6,8-9,11-13,15-16,18-19H2,1H3;2,5-8,13,18H,3-4,9-12,14-16H2,1H3,(H,32,33)/t;18-/m.0/s1. The number of carbonyl (C=O) groups excluding carboxylic acids is 2. The molecule has 16 heteroatoms. The van der Waals surface area contributed by atoms with Gasteiger partial charge in [-0.1, -0.05) is 30.3 Å². The Morgan fingerprint density at radius 1 is 0.800 bits per heavy atom. The van der Waals surface area contributed by atoms with E-state index < -0.39 is 11.6 Å². The average molecular weight is 1020 g/mol. The number of aryl methyl sites for hydroxylation is 2. The minimum Gasteiger partial charge on any atom is -0.441 e. The van der Waals surface area contributed by atoms with E-state index in [1.165, 1.54) is 29.3 Å². The van der Waals surface area contributed by atoms with Crippen molar-refractivity contribution in [1.29, 1.82) is 0 Å². The lowest BCUT2D eigenvalue weighted by Crippen LogP contribution is -2.46. The van der Waals surface area contributed by atoms with Gasteiger partial charge in [0.1, 0.15) is 23.0 Å². The Hall–Kier alpha value is -6.91. The molecular formula is C59H63F3N10O3. The Morgan fingerprint density at radius 3 is 2.45 bits per heavy atom. The molecule has 13 rings (SSSR count). The van der Waals surface area contributed by atoms with Crippen LogP contribution in [-0.4, -0.2) is 113 Å². The fraction of sp³-hybridized carbons (Fsp3) is 0.424. The van der Waals surface area contributed by atoms with Crippen molar-refractivity contribution in [2.45, 2.75) is 103 Å². The van der Waals surface area contributed by atoms with Gasteiger partial charge in [-0.05, 0) is 123 Å². The monoisotopic (exact) mass is 1020 g/mol. The molecule has 75 heavy (non-hydrogen) atoms. The lowest BCUT2D eigenvalue weighted by atomic mass is 9.86. The van der Waals surface area contributed by atoms with Crippen LogP contribution in [0.3, 0.4) is 0 Å². The second-order valence-electron chi connectivity index (χ2n) is 21.6. The smallest absolute Gasteiger partial charge is 0.223 e. The van der Waals surface area contributed by atoms with Gasteiger partial charge in [-0.15, -0.1) is 0 Å². The summed E-state index contributed by atoms with van der Waals surface area (Å²) in [7, 11) is 1.96. The molecule has 3 fully saturated rings. The molecule has 0 spiro atoms.